The molecule has 0 amide bonds. The fourth-order valence-electron chi connectivity index (χ4n) is 6.19. The fourth-order valence-corrected chi connectivity index (χ4v) is 6.19. The molecule has 1 aliphatic heterocycles. The van der Waals surface area contributed by atoms with Gasteiger partial charge in [0.1, 0.15) is 34.0 Å². The van der Waals surface area contributed by atoms with E-state index in [0.29, 0.717) is 0 Å². The molecule has 1 N–H and O–H groups in total. The zero-order chi connectivity index (χ0) is 27.6. The number of amidine groups is 2. The number of aliphatic imine (C=N–C) groups is 2. The van der Waals surface area contributed by atoms with Gasteiger partial charge in [-0.05, 0) is 46.7 Å². The number of nitrogens with one attached hydrogen (secondary N) is 1. The molecule has 3 heterocycles. The van der Waals surface area contributed by atoms with Gasteiger partial charge >= 0.3 is 0 Å². The van der Waals surface area contributed by atoms with Crippen molar-refractivity contribution in [1.82, 2.24) is 5.32 Å². The Morgan fingerprint density at radius 1 is 0.476 bits per heavy atom. The lowest BCUT2D eigenvalue weighted by molar-refractivity contribution is 0.668. The average Bonchev–Trinajstić information content (AvgIpc) is 3.63. The number of benzene rings is 6. The van der Waals surface area contributed by atoms with E-state index in [2.05, 4.69) is 72.0 Å². The first-order valence-electron chi connectivity index (χ1n) is 14.0. The maximum absolute atomic E-state index is 6.23. The topological polar surface area (TPSA) is 63.0 Å². The fraction of sp³-hybridized carbons (Fsp3) is 0.0270. The molecule has 0 aliphatic carbocycles. The molecular weight excluding hydrogens is 518 g/mol. The molecule has 2 aromatic heterocycles. The van der Waals surface area contributed by atoms with Gasteiger partial charge in [-0.15, -0.1) is 0 Å². The van der Waals surface area contributed by atoms with Gasteiger partial charge in [0, 0.05) is 32.7 Å². The second-order valence-corrected chi connectivity index (χ2v) is 10.6. The molecule has 0 radical (unpaired) electrons. The summed E-state index contributed by atoms with van der Waals surface area (Å²) in [5.74, 6) is 1.50. The Hall–Kier alpha value is -5.68. The number of para-hydroxylation sites is 2. The highest BCUT2D eigenvalue weighted by atomic mass is 16.3. The van der Waals surface area contributed by atoms with E-state index in [1.807, 2.05) is 60.7 Å². The van der Waals surface area contributed by atoms with Gasteiger partial charge in [-0.25, -0.2) is 9.98 Å². The molecule has 5 nitrogen and oxygen atoms in total. The Morgan fingerprint density at radius 3 is 1.62 bits per heavy atom. The predicted octanol–water partition coefficient (Wildman–Crippen LogP) is 9.13. The third kappa shape index (κ3) is 3.50. The minimum atomic E-state index is -0.442. The van der Waals surface area contributed by atoms with Crippen molar-refractivity contribution in [2.75, 3.05) is 0 Å². The van der Waals surface area contributed by atoms with Gasteiger partial charge < -0.3 is 14.2 Å². The van der Waals surface area contributed by atoms with Gasteiger partial charge in [0.2, 0.25) is 0 Å². The van der Waals surface area contributed by atoms with E-state index in [9.17, 15) is 0 Å². The highest BCUT2D eigenvalue weighted by Gasteiger charge is 2.25. The molecule has 0 fully saturated rings. The summed E-state index contributed by atoms with van der Waals surface area (Å²) in [4.78, 5) is 10.4. The Morgan fingerprint density at radius 2 is 1.00 bits per heavy atom. The lowest BCUT2D eigenvalue weighted by Gasteiger charge is -2.23. The molecule has 0 saturated carbocycles. The number of nitrogens with zero attached hydrogens (tertiary/aromatic N) is 2. The first-order chi connectivity index (χ1) is 20.8. The highest BCUT2D eigenvalue weighted by molar-refractivity contribution is 6.26. The van der Waals surface area contributed by atoms with Crippen LogP contribution in [0.1, 0.15) is 22.9 Å². The molecular formula is C37H23N3O2. The first-order valence-corrected chi connectivity index (χ1v) is 14.0. The van der Waals surface area contributed by atoms with Crippen LogP contribution in [0.25, 0.3) is 54.6 Å². The Labute approximate surface area is 240 Å². The predicted molar refractivity (Wildman–Crippen MR) is 170 cm³/mol. The van der Waals surface area contributed by atoms with Crippen molar-refractivity contribution in [2.24, 2.45) is 9.98 Å². The first kappa shape index (κ1) is 23.1. The SMILES string of the molecule is c1ccc2cc(C3N=C(c4cccc5oc6ccccc6c45)NC(c4cccc5oc6ccccc6c45)=N3)ccc2c1. The van der Waals surface area contributed by atoms with E-state index in [0.717, 1.165) is 77.6 Å². The van der Waals surface area contributed by atoms with Crippen LogP contribution in [0.5, 0.6) is 0 Å². The van der Waals surface area contributed by atoms with Crippen LogP contribution in [0.2, 0.25) is 0 Å². The largest absolute Gasteiger partial charge is 0.456 e. The second kappa shape index (κ2) is 8.91. The lowest BCUT2D eigenvalue weighted by atomic mass is 10.0. The minimum Gasteiger partial charge on any atom is -0.456 e. The molecule has 9 rings (SSSR count). The summed E-state index contributed by atoms with van der Waals surface area (Å²) < 4.78 is 12.5. The number of hydrogen-bond acceptors (Lipinski definition) is 5. The van der Waals surface area contributed by atoms with Crippen LogP contribution in [0.15, 0.2) is 146 Å². The van der Waals surface area contributed by atoms with Crippen molar-refractivity contribution >= 4 is 66.3 Å². The van der Waals surface area contributed by atoms with Gasteiger partial charge in [-0.1, -0.05) is 97.1 Å². The van der Waals surface area contributed by atoms with E-state index >= 15 is 0 Å². The Kier molecular flexibility index (Phi) is 4.90. The van der Waals surface area contributed by atoms with Crippen molar-refractivity contribution in [3.05, 3.63) is 144 Å². The summed E-state index contributed by atoms with van der Waals surface area (Å²) in [6.45, 7) is 0. The smallest absolute Gasteiger partial charge is 0.169 e. The third-order valence-electron chi connectivity index (χ3n) is 8.13. The van der Waals surface area contributed by atoms with Crippen molar-refractivity contribution in [3.63, 3.8) is 0 Å². The number of hydrogen-bond donors (Lipinski definition) is 1. The lowest BCUT2D eigenvalue weighted by Crippen LogP contribution is -2.36. The van der Waals surface area contributed by atoms with E-state index < -0.39 is 6.17 Å². The van der Waals surface area contributed by atoms with Crippen molar-refractivity contribution < 1.29 is 8.83 Å². The van der Waals surface area contributed by atoms with Gasteiger partial charge in [0.05, 0.1) is 0 Å². The molecule has 8 aromatic rings. The summed E-state index contributed by atoms with van der Waals surface area (Å²) >= 11 is 0. The maximum Gasteiger partial charge on any atom is 0.169 e. The quantitative estimate of drug-likeness (QED) is 0.243. The molecule has 0 atom stereocenters. The zero-order valence-electron chi connectivity index (χ0n) is 22.4. The molecule has 0 saturated heterocycles. The maximum atomic E-state index is 6.23. The molecule has 0 bridgehead atoms. The van der Waals surface area contributed by atoms with Crippen LogP contribution in [0, 0.1) is 0 Å². The van der Waals surface area contributed by atoms with Gasteiger partial charge in [-0.3, -0.25) is 0 Å². The van der Waals surface area contributed by atoms with Gasteiger partial charge in [0.15, 0.2) is 6.17 Å². The minimum absolute atomic E-state index is 0.442. The van der Waals surface area contributed by atoms with Crippen LogP contribution >= 0.6 is 0 Å². The van der Waals surface area contributed by atoms with Crippen molar-refractivity contribution in [2.45, 2.75) is 6.17 Å². The van der Waals surface area contributed by atoms with E-state index in [1.165, 1.54) is 5.39 Å². The third-order valence-corrected chi connectivity index (χ3v) is 8.13. The summed E-state index contributed by atoms with van der Waals surface area (Å²) in [7, 11) is 0. The monoisotopic (exact) mass is 541 g/mol. The second-order valence-electron chi connectivity index (χ2n) is 10.6. The molecule has 6 aromatic carbocycles. The number of rotatable bonds is 3. The number of furan rings is 2. The molecule has 0 unspecified atom stereocenters. The summed E-state index contributed by atoms with van der Waals surface area (Å²) in [5.41, 5.74) is 6.33. The van der Waals surface area contributed by atoms with E-state index in [4.69, 9.17) is 18.8 Å². The van der Waals surface area contributed by atoms with Gasteiger partial charge in [-0.2, -0.15) is 0 Å². The number of fused-ring (bicyclic) bond motifs is 7. The average molecular weight is 542 g/mol. The summed E-state index contributed by atoms with van der Waals surface area (Å²) in [5, 5.41) is 10.2. The Balaban J connectivity index is 1.29. The normalized spacial score (nSPS) is 14.1. The molecule has 42 heavy (non-hydrogen) atoms. The standard InChI is InChI=1S/C37H23N3O2/c1-2-10-23-21-24(20-19-22(23)9-1)35-38-36(27-13-7-17-31-33(27)25-11-3-5-15-29(25)41-31)40-37(39-35)28-14-8-18-32-34(28)26-12-4-6-16-30(26)42-32/h1-21,35H,(H,38,39,40). The highest BCUT2D eigenvalue weighted by Crippen LogP contribution is 2.36. The van der Waals surface area contributed by atoms with Crippen LogP contribution in [0.4, 0.5) is 0 Å². The molecule has 198 valence electrons. The molecule has 5 heteroatoms. The van der Waals surface area contributed by atoms with Crippen LogP contribution < -0.4 is 5.32 Å². The van der Waals surface area contributed by atoms with E-state index in [-0.39, 0.29) is 0 Å². The zero-order valence-corrected chi connectivity index (χ0v) is 22.4. The van der Waals surface area contributed by atoms with E-state index in [1.54, 1.807) is 0 Å². The van der Waals surface area contributed by atoms with Crippen molar-refractivity contribution in [3.8, 4) is 0 Å². The van der Waals surface area contributed by atoms with Crippen LogP contribution in [0.3, 0.4) is 0 Å². The Bertz CT molecular complexity index is 2280. The van der Waals surface area contributed by atoms with Crippen LogP contribution in [-0.4, -0.2) is 11.7 Å². The van der Waals surface area contributed by atoms with Crippen LogP contribution in [-0.2, 0) is 0 Å². The summed E-state index contributed by atoms with van der Waals surface area (Å²) in [6, 6.07) is 43.4. The molecule has 0 spiro atoms. The summed E-state index contributed by atoms with van der Waals surface area (Å²) in [6.07, 6.45) is -0.442. The van der Waals surface area contributed by atoms with Crippen molar-refractivity contribution in [1.29, 1.82) is 0 Å². The molecule has 1 aliphatic rings. The van der Waals surface area contributed by atoms with Gasteiger partial charge in [0.25, 0.3) is 0 Å².